The minimum atomic E-state index is -1.04. The molecule has 2 atom stereocenters. The molecule has 8 nitrogen and oxygen atoms in total. The van der Waals surface area contributed by atoms with Crippen molar-refractivity contribution >= 4 is 11.9 Å². The van der Waals surface area contributed by atoms with E-state index in [1.807, 2.05) is 0 Å². The Morgan fingerprint density at radius 2 is 2.13 bits per heavy atom. The zero-order valence-corrected chi connectivity index (χ0v) is 12.3. The number of benzene rings is 1. The maximum absolute atomic E-state index is 12.4. The number of amides is 1. The molecule has 1 saturated heterocycles. The Bertz CT molecular complexity index is 603. The summed E-state index contributed by atoms with van der Waals surface area (Å²) in [5.74, 6) is -0.221. The molecule has 1 fully saturated rings. The standard InChI is InChI=1S/C15H17NO7/c17-14(18)7-21-11-3-4-20-6-10(11)16-15(19)9-1-2-12-13(5-9)23-8-22-12/h1-2,5,10-11H,3-4,6-8H2,(H,16,19)(H,17,18)/t10-,11+/m0/s1. The van der Waals surface area contributed by atoms with Gasteiger partial charge in [-0.15, -0.1) is 0 Å². The van der Waals surface area contributed by atoms with Crippen LogP contribution in [0.15, 0.2) is 18.2 Å². The van der Waals surface area contributed by atoms with Gasteiger partial charge in [-0.2, -0.15) is 0 Å². The lowest BCUT2D eigenvalue weighted by molar-refractivity contribution is -0.147. The lowest BCUT2D eigenvalue weighted by Crippen LogP contribution is -2.51. The zero-order chi connectivity index (χ0) is 16.2. The van der Waals surface area contributed by atoms with Crippen LogP contribution in [0.25, 0.3) is 0 Å². The minimum absolute atomic E-state index is 0.141. The third-order valence-electron chi connectivity index (χ3n) is 3.67. The summed E-state index contributed by atoms with van der Waals surface area (Å²) in [6.07, 6.45) is 0.136. The summed E-state index contributed by atoms with van der Waals surface area (Å²) in [4.78, 5) is 23.0. The summed E-state index contributed by atoms with van der Waals surface area (Å²) in [6, 6.07) is 4.52. The summed E-state index contributed by atoms with van der Waals surface area (Å²) in [7, 11) is 0. The number of hydrogen-bond acceptors (Lipinski definition) is 6. The van der Waals surface area contributed by atoms with Gasteiger partial charge in [-0.05, 0) is 24.6 Å². The van der Waals surface area contributed by atoms with Gasteiger partial charge in [0.25, 0.3) is 5.91 Å². The van der Waals surface area contributed by atoms with Gasteiger partial charge in [-0.1, -0.05) is 0 Å². The smallest absolute Gasteiger partial charge is 0.329 e. The highest BCUT2D eigenvalue weighted by Gasteiger charge is 2.29. The van der Waals surface area contributed by atoms with Crippen molar-refractivity contribution in [3.63, 3.8) is 0 Å². The zero-order valence-electron chi connectivity index (χ0n) is 12.3. The van der Waals surface area contributed by atoms with E-state index in [9.17, 15) is 9.59 Å². The van der Waals surface area contributed by atoms with Crippen LogP contribution in [0.4, 0.5) is 0 Å². The van der Waals surface area contributed by atoms with Crippen molar-refractivity contribution < 1.29 is 33.6 Å². The largest absolute Gasteiger partial charge is 0.480 e. The lowest BCUT2D eigenvalue weighted by Gasteiger charge is -2.31. The first-order valence-corrected chi connectivity index (χ1v) is 7.25. The van der Waals surface area contributed by atoms with Gasteiger partial charge in [0.15, 0.2) is 11.5 Å². The second-order valence-electron chi connectivity index (χ2n) is 5.25. The fourth-order valence-corrected chi connectivity index (χ4v) is 2.52. The van der Waals surface area contributed by atoms with Crippen molar-refractivity contribution in [2.45, 2.75) is 18.6 Å². The summed E-state index contributed by atoms with van der Waals surface area (Å²) >= 11 is 0. The molecule has 2 aliphatic rings. The van der Waals surface area contributed by atoms with Crippen LogP contribution in [-0.2, 0) is 14.3 Å². The highest BCUT2D eigenvalue weighted by atomic mass is 16.7. The molecule has 1 aromatic rings. The van der Waals surface area contributed by atoms with E-state index < -0.39 is 24.7 Å². The van der Waals surface area contributed by atoms with Crippen molar-refractivity contribution in [3.05, 3.63) is 23.8 Å². The Balaban J connectivity index is 1.64. The Morgan fingerprint density at radius 3 is 2.96 bits per heavy atom. The third-order valence-corrected chi connectivity index (χ3v) is 3.67. The molecule has 2 aliphatic heterocycles. The van der Waals surface area contributed by atoms with Gasteiger partial charge in [-0.3, -0.25) is 4.79 Å². The highest BCUT2D eigenvalue weighted by Crippen LogP contribution is 2.32. The molecule has 0 radical (unpaired) electrons. The van der Waals surface area contributed by atoms with Crippen LogP contribution >= 0.6 is 0 Å². The van der Waals surface area contributed by atoms with Crippen LogP contribution in [0.3, 0.4) is 0 Å². The van der Waals surface area contributed by atoms with Crippen LogP contribution < -0.4 is 14.8 Å². The fourth-order valence-electron chi connectivity index (χ4n) is 2.52. The van der Waals surface area contributed by atoms with Crippen LogP contribution in [-0.4, -0.2) is 55.7 Å². The highest BCUT2D eigenvalue weighted by molar-refractivity contribution is 5.95. The number of carboxylic acid groups (broad SMARTS) is 1. The van der Waals surface area contributed by atoms with E-state index in [2.05, 4.69) is 5.32 Å². The lowest BCUT2D eigenvalue weighted by atomic mass is 10.1. The van der Waals surface area contributed by atoms with Gasteiger partial charge in [0, 0.05) is 12.2 Å². The van der Waals surface area contributed by atoms with Crippen LogP contribution in [0, 0.1) is 0 Å². The van der Waals surface area contributed by atoms with Crippen LogP contribution in [0.2, 0.25) is 0 Å². The normalized spacial score (nSPS) is 22.6. The van der Waals surface area contributed by atoms with Crippen molar-refractivity contribution in [2.75, 3.05) is 26.6 Å². The Labute approximate surface area is 132 Å². The summed E-state index contributed by atoms with van der Waals surface area (Å²) in [5, 5.41) is 11.5. The molecule has 1 aromatic carbocycles. The van der Waals surface area contributed by atoms with Gasteiger partial charge < -0.3 is 29.4 Å². The third kappa shape index (κ3) is 3.72. The first-order valence-electron chi connectivity index (χ1n) is 7.25. The average Bonchev–Trinajstić information content (AvgIpc) is 3.01. The fraction of sp³-hybridized carbons (Fsp3) is 0.467. The molecule has 1 amide bonds. The number of rotatable bonds is 5. The molecule has 2 N–H and O–H groups in total. The Kier molecular flexibility index (Phi) is 4.63. The summed E-state index contributed by atoms with van der Waals surface area (Å²) in [6.45, 7) is 0.490. The number of hydrogen-bond donors (Lipinski definition) is 2. The molecular weight excluding hydrogens is 306 g/mol. The molecule has 124 valence electrons. The van der Waals surface area contributed by atoms with Gasteiger partial charge in [0.1, 0.15) is 6.61 Å². The Morgan fingerprint density at radius 1 is 1.30 bits per heavy atom. The van der Waals surface area contributed by atoms with Crippen LogP contribution in [0.5, 0.6) is 11.5 Å². The van der Waals surface area contributed by atoms with E-state index in [1.54, 1.807) is 18.2 Å². The average molecular weight is 323 g/mol. The molecule has 2 heterocycles. The molecule has 0 aliphatic carbocycles. The number of aliphatic carboxylic acids is 1. The molecule has 0 saturated carbocycles. The van der Waals surface area contributed by atoms with Crippen molar-refractivity contribution in [2.24, 2.45) is 0 Å². The molecule has 0 unspecified atom stereocenters. The van der Waals surface area contributed by atoms with E-state index in [0.29, 0.717) is 30.1 Å². The van der Waals surface area contributed by atoms with Crippen molar-refractivity contribution in [1.29, 1.82) is 0 Å². The maximum Gasteiger partial charge on any atom is 0.329 e. The molecule has 3 rings (SSSR count). The number of nitrogens with one attached hydrogen (secondary N) is 1. The van der Waals surface area contributed by atoms with Gasteiger partial charge >= 0.3 is 5.97 Å². The van der Waals surface area contributed by atoms with E-state index in [4.69, 9.17) is 24.1 Å². The van der Waals surface area contributed by atoms with Crippen LogP contribution in [0.1, 0.15) is 16.8 Å². The minimum Gasteiger partial charge on any atom is -0.480 e. The van der Waals surface area contributed by atoms with Gasteiger partial charge in [-0.25, -0.2) is 4.79 Å². The van der Waals surface area contributed by atoms with Gasteiger partial charge in [0.05, 0.1) is 18.8 Å². The summed E-state index contributed by atoms with van der Waals surface area (Å²) < 4.78 is 21.1. The van der Waals surface area contributed by atoms with Gasteiger partial charge in [0.2, 0.25) is 6.79 Å². The SMILES string of the molecule is O=C(O)CO[C@@H]1CCOC[C@@H]1NC(=O)c1ccc2c(c1)OCO2. The number of fused-ring (bicyclic) bond motifs is 1. The molecule has 0 bridgehead atoms. The molecule has 0 aromatic heterocycles. The number of carboxylic acids is 1. The second-order valence-corrected chi connectivity index (χ2v) is 5.25. The van der Waals surface area contributed by atoms with E-state index in [-0.39, 0.29) is 19.3 Å². The van der Waals surface area contributed by atoms with Crippen molar-refractivity contribution in [1.82, 2.24) is 5.32 Å². The van der Waals surface area contributed by atoms with Crippen molar-refractivity contribution in [3.8, 4) is 11.5 Å². The molecular formula is C15H17NO7. The quantitative estimate of drug-likeness (QED) is 0.808. The predicted molar refractivity (Wildman–Crippen MR) is 76.6 cm³/mol. The van der Waals surface area contributed by atoms with E-state index in [0.717, 1.165) is 0 Å². The first kappa shape index (κ1) is 15.6. The molecule has 8 heteroatoms. The number of carbonyl (C=O) groups excluding carboxylic acids is 1. The maximum atomic E-state index is 12.4. The number of carbonyl (C=O) groups is 2. The first-order chi connectivity index (χ1) is 11.1. The predicted octanol–water partition coefficient (Wildman–Crippen LogP) is 0.404. The summed E-state index contributed by atoms with van der Waals surface area (Å²) in [5.41, 5.74) is 0.428. The second kappa shape index (κ2) is 6.84. The number of ether oxygens (including phenoxy) is 4. The Hall–Kier alpha value is -2.32. The van der Waals surface area contributed by atoms with E-state index in [1.165, 1.54) is 0 Å². The molecule has 0 spiro atoms. The topological polar surface area (TPSA) is 103 Å². The molecule has 23 heavy (non-hydrogen) atoms. The van der Waals surface area contributed by atoms with E-state index >= 15 is 0 Å². The monoisotopic (exact) mass is 323 g/mol.